The van der Waals surface area contributed by atoms with Crippen LogP contribution in [0.2, 0.25) is 0 Å². The van der Waals surface area contributed by atoms with E-state index in [9.17, 15) is 9.59 Å². The number of hydrogen-bond acceptors (Lipinski definition) is 4. The highest BCUT2D eigenvalue weighted by molar-refractivity contribution is 5.79. The third-order valence-corrected chi connectivity index (χ3v) is 7.90. The van der Waals surface area contributed by atoms with E-state index in [0.717, 1.165) is 97.4 Å². The third kappa shape index (κ3) is 7.18. The first-order valence-corrected chi connectivity index (χ1v) is 13.2. The molecule has 3 aliphatic rings. The molecule has 3 rings (SSSR count). The van der Waals surface area contributed by atoms with E-state index in [-0.39, 0.29) is 5.92 Å². The second-order valence-corrected chi connectivity index (χ2v) is 11.2. The molecule has 184 valence electrons. The molecule has 3 aliphatic heterocycles. The molecule has 3 fully saturated rings. The summed E-state index contributed by atoms with van der Waals surface area (Å²) in [4.78, 5) is 32.2. The van der Waals surface area contributed by atoms with E-state index in [1.54, 1.807) is 0 Å². The van der Waals surface area contributed by atoms with Crippen molar-refractivity contribution in [3.05, 3.63) is 0 Å². The molecule has 0 aromatic heterocycles. The van der Waals surface area contributed by atoms with Gasteiger partial charge < -0.3 is 19.4 Å². The van der Waals surface area contributed by atoms with Crippen LogP contribution in [0.5, 0.6) is 0 Å². The minimum Gasteiger partial charge on any atom is -0.379 e. The number of nitrogens with zero attached hydrogens (tertiary/aromatic N) is 3. The van der Waals surface area contributed by atoms with Crippen molar-refractivity contribution in [2.75, 3.05) is 52.4 Å². The van der Waals surface area contributed by atoms with Crippen LogP contribution in [0, 0.1) is 17.3 Å². The Morgan fingerprint density at radius 2 is 1.44 bits per heavy atom. The molecule has 0 radical (unpaired) electrons. The van der Waals surface area contributed by atoms with Gasteiger partial charge in [-0.2, -0.15) is 0 Å². The van der Waals surface area contributed by atoms with E-state index >= 15 is 0 Å². The van der Waals surface area contributed by atoms with Crippen LogP contribution in [0.1, 0.15) is 79.1 Å². The molecule has 0 saturated carbocycles. The normalized spacial score (nSPS) is 22.8. The maximum absolute atomic E-state index is 13.1. The lowest BCUT2D eigenvalue weighted by Crippen LogP contribution is -2.51. The fourth-order valence-corrected chi connectivity index (χ4v) is 5.68. The predicted octanol–water partition coefficient (Wildman–Crippen LogP) is 3.79. The van der Waals surface area contributed by atoms with Gasteiger partial charge in [0, 0.05) is 51.7 Å². The maximum Gasteiger partial charge on any atom is 0.225 e. The molecule has 0 unspecified atom stereocenters. The van der Waals surface area contributed by atoms with Gasteiger partial charge in [-0.1, -0.05) is 13.8 Å². The Labute approximate surface area is 196 Å². The van der Waals surface area contributed by atoms with Crippen molar-refractivity contribution in [1.29, 1.82) is 0 Å². The van der Waals surface area contributed by atoms with E-state index in [1.165, 1.54) is 0 Å². The molecule has 3 saturated heterocycles. The summed E-state index contributed by atoms with van der Waals surface area (Å²) in [5.74, 6) is 1.36. The van der Waals surface area contributed by atoms with Gasteiger partial charge in [0.15, 0.2) is 0 Å². The predicted molar refractivity (Wildman–Crippen MR) is 128 cm³/mol. The first kappa shape index (κ1) is 25.5. The number of amides is 2. The molecule has 1 spiro atoms. The largest absolute Gasteiger partial charge is 0.379 e. The number of carbonyl (C=O) groups is 2. The van der Waals surface area contributed by atoms with Crippen molar-refractivity contribution in [2.45, 2.75) is 85.2 Å². The lowest BCUT2D eigenvalue weighted by Gasteiger charge is -2.47. The van der Waals surface area contributed by atoms with Gasteiger partial charge in [-0.25, -0.2) is 0 Å². The number of rotatable bonds is 8. The molecular weight excluding hydrogens is 402 g/mol. The first-order valence-electron chi connectivity index (χ1n) is 13.2. The zero-order valence-corrected chi connectivity index (χ0v) is 21.1. The zero-order valence-electron chi connectivity index (χ0n) is 21.1. The molecule has 0 aliphatic carbocycles. The number of hydrogen-bond donors (Lipinski definition) is 0. The minimum absolute atomic E-state index is 0.211. The number of likely N-dealkylation sites (tertiary alicyclic amines) is 3. The van der Waals surface area contributed by atoms with E-state index in [2.05, 4.69) is 42.4 Å². The Bertz CT molecular complexity index is 595. The lowest BCUT2D eigenvalue weighted by atomic mass is 9.71. The van der Waals surface area contributed by atoms with Crippen molar-refractivity contribution in [1.82, 2.24) is 14.7 Å². The van der Waals surface area contributed by atoms with Crippen molar-refractivity contribution in [3.63, 3.8) is 0 Å². The monoisotopic (exact) mass is 449 g/mol. The first-order chi connectivity index (χ1) is 15.3. The Morgan fingerprint density at radius 3 is 1.97 bits per heavy atom. The molecule has 2 amide bonds. The summed E-state index contributed by atoms with van der Waals surface area (Å²) in [7, 11) is 0. The molecule has 6 heteroatoms. The van der Waals surface area contributed by atoms with Crippen LogP contribution in [0.25, 0.3) is 0 Å². The summed E-state index contributed by atoms with van der Waals surface area (Å²) in [6.45, 7) is 16.0. The molecule has 0 aromatic rings. The molecule has 0 N–H and O–H groups in total. The zero-order chi connectivity index (χ0) is 23.1. The highest BCUT2D eigenvalue weighted by atomic mass is 16.5. The Hall–Kier alpha value is -1.14. The average molecular weight is 450 g/mol. The summed E-state index contributed by atoms with van der Waals surface area (Å²) < 4.78 is 5.64. The fourth-order valence-electron chi connectivity index (χ4n) is 5.68. The standard InChI is InChI=1S/C26H47N3O3/c1-21(2)20-24(30)28-15-8-26(9-16-28)10-17-29(18-11-26)25(31)23-6-13-27(14-7-23)12-5-19-32-22(3)4/h21-23H,5-20H2,1-4H3. The smallest absolute Gasteiger partial charge is 0.225 e. The Morgan fingerprint density at radius 1 is 0.875 bits per heavy atom. The van der Waals surface area contributed by atoms with Crippen LogP contribution in [0.3, 0.4) is 0 Å². The van der Waals surface area contributed by atoms with Crippen molar-refractivity contribution < 1.29 is 14.3 Å². The maximum atomic E-state index is 13.1. The summed E-state index contributed by atoms with van der Waals surface area (Å²) in [6, 6.07) is 0. The van der Waals surface area contributed by atoms with Crippen LogP contribution >= 0.6 is 0 Å². The molecule has 6 nitrogen and oxygen atoms in total. The summed E-state index contributed by atoms with van der Waals surface area (Å²) in [5.41, 5.74) is 0.354. The minimum atomic E-state index is 0.211. The van der Waals surface area contributed by atoms with Gasteiger partial charge in [-0.3, -0.25) is 9.59 Å². The van der Waals surface area contributed by atoms with Gasteiger partial charge in [0.25, 0.3) is 0 Å². The second kappa shape index (κ2) is 11.8. The fraction of sp³-hybridized carbons (Fsp3) is 0.923. The Balaban J connectivity index is 1.35. The molecule has 0 bridgehead atoms. The summed E-state index contributed by atoms with van der Waals surface area (Å²) in [6.07, 6.45) is 8.48. The van der Waals surface area contributed by atoms with Crippen molar-refractivity contribution in [3.8, 4) is 0 Å². The molecular formula is C26H47N3O3. The third-order valence-electron chi connectivity index (χ3n) is 7.90. The summed E-state index contributed by atoms with van der Waals surface area (Å²) >= 11 is 0. The van der Waals surface area contributed by atoms with Crippen molar-refractivity contribution in [2.24, 2.45) is 17.3 Å². The number of carbonyl (C=O) groups excluding carboxylic acids is 2. The van der Waals surface area contributed by atoms with Crippen LogP contribution in [-0.2, 0) is 14.3 Å². The number of piperidine rings is 3. The molecule has 0 aromatic carbocycles. The van der Waals surface area contributed by atoms with Gasteiger partial charge in [0.1, 0.15) is 0 Å². The molecule has 32 heavy (non-hydrogen) atoms. The van der Waals surface area contributed by atoms with Gasteiger partial charge in [-0.05, 0) is 83.2 Å². The highest BCUT2D eigenvalue weighted by Crippen LogP contribution is 2.42. The Kier molecular flexibility index (Phi) is 9.42. The van der Waals surface area contributed by atoms with Crippen LogP contribution < -0.4 is 0 Å². The van der Waals surface area contributed by atoms with Gasteiger partial charge in [-0.15, -0.1) is 0 Å². The summed E-state index contributed by atoms with van der Waals surface area (Å²) in [5, 5.41) is 0. The van der Waals surface area contributed by atoms with Crippen LogP contribution in [-0.4, -0.2) is 85.0 Å². The second-order valence-electron chi connectivity index (χ2n) is 11.2. The van der Waals surface area contributed by atoms with Crippen LogP contribution in [0.4, 0.5) is 0 Å². The van der Waals surface area contributed by atoms with Crippen LogP contribution in [0.15, 0.2) is 0 Å². The van der Waals surface area contributed by atoms with E-state index in [1.807, 2.05) is 0 Å². The number of ether oxygens (including phenoxy) is 1. The average Bonchev–Trinajstić information content (AvgIpc) is 2.77. The van der Waals surface area contributed by atoms with E-state index in [0.29, 0.717) is 35.7 Å². The topological polar surface area (TPSA) is 53.1 Å². The van der Waals surface area contributed by atoms with Gasteiger partial charge in [0.2, 0.25) is 11.8 Å². The van der Waals surface area contributed by atoms with E-state index < -0.39 is 0 Å². The van der Waals surface area contributed by atoms with Crippen molar-refractivity contribution >= 4 is 11.8 Å². The van der Waals surface area contributed by atoms with E-state index in [4.69, 9.17) is 4.74 Å². The SMILES string of the molecule is CC(C)CC(=O)N1CCC2(CC1)CCN(C(=O)C1CCN(CCCOC(C)C)CC1)CC2. The lowest BCUT2D eigenvalue weighted by molar-refractivity contribution is -0.140. The van der Waals surface area contributed by atoms with Gasteiger partial charge in [0.05, 0.1) is 6.10 Å². The van der Waals surface area contributed by atoms with Gasteiger partial charge >= 0.3 is 0 Å². The quantitative estimate of drug-likeness (QED) is 0.529. The molecule has 0 atom stereocenters. The highest BCUT2D eigenvalue weighted by Gasteiger charge is 2.40. The molecule has 3 heterocycles.